The van der Waals surface area contributed by atoms with Crippen molar-refractivity contribution >= 4 is 5.97 Å². The Bertz CT molecular complexity index is 323. The van der Waals surface area contributed by atoms with Gasteiger partial charge in [-0.25, -0.2) is 0 Å². The number of aliphatic hydroxyl groups is 1. The molecule has 0 rings (SSSR count). The lowest BCUT2D eigenvalue weighted by Gasteiger charge is -1.97. The average molecular weight is 236 g/mol. The van der Waals surface area contributed by atoms with E-state index in [0.29, 0.717) is 0 Å². The van der Waals surface area contributed by atoms with E-state index in [1.807, 2.05) is 0 Å². The number of aliphatic carboxylic acids is 1. The Hall–Kier alpha value is -1.45. The summed E-state index contributed by atoms with van der Waals surface area (Å²) >= 11 is 0. The number of hydrogen-bond acceptors (Lipinski definition) is 2. The van der Waals surface area contributed by atoms with Crippen LogP contribution in [0, 0.1) is 23.7 Å². The summed E-state index contributed by atoms with van der Waals surface area (Å²) in [6.07, 6.45) is 5.38. The van der Waals surface area contributed by atoms with Crippen molar-refractivity contribution in [2.24, 2.45) is 0 Å². The molecule has 0 aromatic carbocycles. The second kappa shape index (κ2) is 11.0. The lowest BCUT2D eigenvalue weighted by Crippen LogP contribution is -1.93. The van der Waals surface area contributed by atoms with Gasteiger partial charge < -0.3 is 10.2 Å². The van der Waals surface area contributed by atoms with Crippen LogP contribution in [0.5, 0.6) is 0 Å². The highest BCUT2D eigenvalue weighted by Crippen LogP contribution is 2.06. The molecule has 0 aliphatic heterocycles. The van der Waals surface area contributed by atoms with E-state index < -0.39 is 12.1 Å². The van der Waals surface area contributed by atoms with E-state index in [1.165, 1.54) is 0 Å². The van der Waals surface area contributed by atoms with Crippen LogP contribution in [0.3, 0.4) is 0 Å². The molecule has 0 aliphatic carbocycles. The van der Waals surface area contributed by atoms with Crippen molar-refractivity contribution in [3.63, 3.8) is 0 Å². The molecule has 3 heteroatoms. The summed E-state index contributed by atoms with van der Waals surface area (Å²) in [6.45, 7) is 1.60. The van der Waals surface area contributed by atoms with Crippen molar-refractivity contribution in [3.05, 3.63) is 0 Å². The summed E-state index contributed by atoms with van der Waals surface area (Å²) in [5.74, 6) is 10.0. The molecule has 0 heterocycles. The molecule has 0 aliphatic rings. The van der Waals surface area contributed by atoms with Gasteiger partial charge in [-0.15, -0.1) is 0 Å². The van der Waals surface area contributed by atoms with E-state index in [2.05, 4.69) is 23.7 Å². The molecule has 1 atom stereocenters. The first kappa shape index (κ1) is 15.6. The predicted molar refractivity (Wildman–Crippen MR) is 67.2 cm³/mol. The van der Waals surface area contributed by atoms with Crippen LogP contribution in [0.15, 0.2) is 0 Å². The number of unbranched alkanes of at least 4 members (excludes halogenated alkanes) is 5. The summed E-state index contributed by atoms with van der Waals surface area (Å²) in [7, 11) is 0. The molecule has 0 aromatic heterocycles. The fourth-order valence-electron chi connectivity index (χ4n) is 1.27. The zero-order valence-corrected chi connectivity index (χ0v) is 10.3. The second-order valence-corrected chi connectivity index (χ2v) is 3.91. The van der Waals surface area contributed by atoms with Gasteiger partial charge in [-0.05, 0) is 31.6 Å². The van der Waals surface area contributed by atoms with E-state index in [4.69, 9.17) is 10.2 Å². The molecular weight excluding hydrogens is 216 g/mol. The third kappa shape index (κ3) is 14.6. The Labute approximate surface area is 103 Å². The highest BCUT2D eigenvalue weighted by molar-refractivity contribution is 5.66. The summed E-state index contributed by atoms with van der Waals surface area (Å²) in [4.78, 5) is 10.2. The van der Waals surface area contributed by atoms with Crippen LogP contribution in [-0.4, -0.2) is 22.3 Å². The van der Waals surface area contributed by atoms with E-state index in [9.17, 15) is 4.79 Å². The molecule has 2 N–H and O–H groups in total. The maximum atomic E-state index is 10.2. The summed E-state index contributed by atoms with van der Waals surface area (Å²) < 4.78 is 0. The molecule has 0 bridgehead atoms. The number of carbonyl (C=O) groups is 1. The first-order valence-corrected chi connectivity index (χ1v) is 6.01. The van der Waals surface area contributed by atoms with Crippen LogP contribution in [0.4, 0.5) is 0 Å². The van der Waals surface area contributed by atoms with Crippen LogP contribution >= 0.6 is 0 Å². The van der Waals surface area contributed by atoms with Gasteiger partial charge in [0.15, 0.2) is 0 Å². The predicted octanol–water partition coefficient (Wildman–Crippen LogP) is 2.19. The van der Waals surface area contributed by atoms with Gasteiger partial charge in [0.2, 0.25) is 0 Å². The van der Waals surface area contributed by atoms with E-state index in [1.54, 1.807) is 6.92 Å². The lowest BCUT2D eigenvalue weighted by molar-refractivity contribution is -0.137. The second-order valence-electron chi connectivity index (χ2n) is 3.91. The van der Waals surface area contributed by atoms with Gasteiger partial charge in [-0.3, -0.25) is 4.79 Å². The zero-order chi connectivity index (χ0) is 12.9. The minimum atomic E-state index is -0.715. The number of rotatable bonds is 7. The van der Waals surface area contributed by atoms with E-state index in [-0.39, 0.29) is 6.42 Å². The van der Waals surface area contributed by atoms with Gasteiger partial charge in [0, 0.05) is 12.8 Å². The van der Waals surface area contributed by atoms with Crippen LogP contribution in [-0.2, 0) is 4.79 Å². The van der Waals surface area contributed by atoms with Gasteiger partial charge >= 0.3 is 5.97 Å². The van der Waals surface area contributed by atoms with Gasteiger partial charge in [-0.2, -0.15) is 0 Å². The third-order valence-electron chi connectivity index (χ3n) is 2.12. The Morgan fingerprint density at radius 1 is 1.12 bits per heavy atom. The first-order chi connectivity index (χ1) is 8.13. The third-order valence-corrected chi connectivity index (χ3v) is 2.12. The molecule has 3 nitrogen and oxygen atoms in total. The molecule has 0 amide bonds. The molecule has 17 heavy (non-hydrogen) atoms. The average Bonchev–Trinajstić information content (AvgIpc) is 2.25. The van der Waals surface area contributed by atoms with Gasteiger partial charge in [-0.1, -0.05) is 31.1 Å². The minimum absolute atomic E-state index is 0.273. The number of hydrogen-bond donors (Lipinski definition) is 2. The first-order valence-electron chi connectivity index (χ1n) is 6.01. The normalized spacial score (nSPS) is 10.7. The molecule has 94 valence electrons. The molecular formula is C14H20O3. The van der Waals surface area contributed by atoms with E-state index >= 15 is 0 Å². The molecule has 0 radical (unpaired) electrons. The lowest BCUT2D eigenvalue weighted by atomic mass is 10.1. The summed E-state index contributed by atoms with van der Waals surface area (Å²) in [6, 6.07) is 0. The SMILES string of the molecule is CC(O)C#CC#CCCCCCCCC(=O)O. The highest BCUT2D eigenvalue weighted by Gasteiger charge is 1.95. The molecule has 0 saturated carbocycles. The molecule has 0 aromatic rings. The molecule has 0 saturated heterocycles. The topological polar surface area (TPSA) is 57.5 Å². The molecule has 1 unspecified atom stereocenters. The van der Waals surface area contributed by atoms with Crippen LogP contribution in [0.25, 0.3) is 0 Å². The Balaban J connectivity index is 3.30. The van der Waals surface area contributed by atoms with Crippen LogP contribution in [0.2, 0.25) is 0 Å². The number of carboxylic acids is 1. The van der Waals surface area contributed by atoms with Crippen molar-refractivity contribution < 1.29 is 15.0 Å². The monoisotopic (exact) mass is 236 g/mol. The summed E-state index contributed by atoms with van der Waals surface area (Å²) in [5, 5.41) is 17.3. The molecule has 0 fully saturated rings. The fourth-order valence-corrected chi connectivity index (χ4v) is 1.27. The van der Waals surface area contributed by atoms with Crippen molar-refractivity contribution in [2.75, 3.05) is 0 Å². The maximum absolute atomic E-state index is 10.2. The minimum Gasteiger partial charge on any atom is -0.481 e. The molecule has 0 spiro atoms. The fraction of sp³-hybridized carbons (Fsp3) is 0.643. The highest BCUT2D eigenvalue weighted by atomic mass is 16.4. The largest absolute Gasteiger partial charge is 0.481 e. The Morgan fingerprint density at radius 2 is 1.76 bits per heavy atom. The van der Waals surface area contributed by atoms with Crippen LogP contribution < -0.4 is 0 Å². The number of carboxylic acid groups (broad SMARTS) is 1. The number of aliphatic hydroxyl groups excluding tert-OH is 1. The van der Waals surface area contributed by atoms with Crippen molar-refractivity contribution in [1.82, 2.24) is 0 Å². The Kier molecular flexibility index (Phi) is 10.1. The van der Waals surface area contributed by atoms with Crippen LogP contribution in [0.1, 0.15) is 51.9 Å². The van der Waals surface area contributed by atoms with Crippen molar-refractivity contribution in [1.29, 1.82) is 0 Å². The van der Waals surface area contributed by atoms with E-state index in [0.717, 1.165) is 38.5 Å². The van der Waals surface area contributed by atoms with Gasteiger partial charge in [0.25, 0.3) is 0 Å². The standard InChI is InChI=1S/C14H20O3/c1-13(15)11-9-7-5-3-2-4-6-8-10-12-14(16)17/h13,15H,2-4,6,8,10,12H2,1H3,(H,16,17). The van der Waals surface area contributed by atoms with Crippen molar-refractivity contribution in [3.8, 4) is 23.7 Å². The van der Waals surface area contributed by atoms with Gasteiger partial charge in [0.1, 0.15) is 6.10 Å². The van der Waals surface area contributed by atoms with Gasteiger partial charge in [0.05, 0.1) is 0 Å². The summed E-state index contributed by atoms with van der Waals surface area (Å²) in [5.41, 5.74) is 0. The van der Waals surface area contributed by atoms with Crippen molar-refractivity contribution in [2.45, 2.75) is 58.0 Å². The maximum Gasteiger partial charge on any atom is 0.303 e. The quantitative estimate of drug-likeness (QED) is 0.526. The zero-order valence-electron chi connectivity index (χ0n) is 10.3. The smallest absolute Gasteiger partial charge is 0.303 e. The Morgan fingerprint density at radius 3 is 2.41 bits per heavy atom.